The number of aliphatic hydroxyl groups is 1. The predicted molar refractivity (Wildman–Crippen MR) is 65.1 cm³/mol. The van der Waals surface area contributed by atoms with Gasteiger partial charge < -0.3 is 8.90 Å². The average Bonchev–Trinajstić information content (AvgIpc) is 2.25. The molecule has 1 aliphatic heterocycles. The molecule has 15 heavy (non-hydrogen) atoms. The summed E-state index contributed by atoms with van der Waals surface area (Å²) in [7, 11) is 0. The Morgan fingerprint density at radius 1 is 1.20 bits per heavy atom. The summed E-state index contributed by atoms with van der Waals surface area (Å²) in [6.45, 7) is 5.42. The Morgan fingerprint density at radius 3 is 2.53 bits per heavy atom. The van der Waals surface area contributed by atoms with Crippen molar-refractivity contribution < 1.29 is 8.90 Å². The zero-order valence-corrected chi connectivity index (χ0v) is 11.4. The van der Waals surface area contributed by atoms with Crippen molar-refractivity contribution in [3.63, 3.8) is 0 Å². The maximum absolute atomic E-state index is 9.98. The van der Waals surface area contributed by atoms with Crippen molar-refractivity contribution in [3.8, 4) is 0 Å². The highest BCUT2D eigenvalue weighted by Gasteiger charge is 2.31. The quantitative estimate of drug-likeness (QED) is 0.559. The van der Waals surface area contributed by atoms with E-state index in [1.807, 2.05) is 0 Å². The molecule has 0 amide bonds. The minimum atomic E-state index is -1.23. The van der Waals surface area contributed by atoms with Crippen LogP contribution in [0.25, 0.3) is 0 Å². The standard InChI is InChI=1S/C8H17O.C4H8O.Al/c1-8(2)6-4-3-5-7-9;1-2-3-4-5;/h7-9H,3-6H2,1-2H3;1-4H2;/q;-1;+1. The zero-order chi connectivity index (χ0) is 11.1. The monoisotopic (exact) mass is 228 g/mol. The molecule has 1 atom stereocenters. The maximum atomic E-state index is 9.98. The van der Waals surface area contributed by atoms with Crippen LogP contribution in [0, 0.1) is 5.92 Å². The molecule has 3 heteroatoms. The number of hydrogen-bond donors (Lipinski definition) is 1. The van der Waals surface area contributed by atoms with Crippen LogP contribution in [-0.4, -0.2) is 31.2 Å². The van der Waals surface area contributed by atoms with E-state index in [1.165, 1.54) is 37.4 Å². The topological polar surface area (TPSA) is 29.5 Å². The molecule has 1 rings (SSSR count). The summed E-state index contributed by atoms with van der Waals surface area (Å²) in [5.74, 6) is 0.797. The third kappa shape index (κ3) is 5.92. The van der Waals surface area contributed by atoms with Crippen LogP contribution in [0.1, 0.15) is 52.4 Å². The van der Waals surface area contributed by atoms with Crippen molar-refractivity contribution in [3.05, 3.63) is 0 Å². The lowest BCUT2D eigenvalue weighted by molar-refractivity contribution is 0.180. The molecule has 2 nitrogen and oxygen atoms in total. The Kier molecular flexibility index (Phi) is 6.92. The molecular weight excluding hydrogens is 203 g/mol. The fourth-order valence-corrected chi connectivity index (χ4v) is 4.70. The van der Waals surface area contributed by atoms with Crippen LogP contribution < -0.4 is 0 Å². The summed E-state index contributed by atoms with van der Waals surface area (Å²) in [4.78, 5) is -0.0857. The lowest BCUT2D eigenvalue weighted by Crippen LogP contribution is -2.36. The molecule has 1 aliphatic rings. The summed E-state index contributed by atoms with van der Waals surface area (Å²) in [6, 6.07) is 0. The van der Waals surface area contributed by atoms with Crippen LogP contribution in [-0.2, 0) is 3.79 Å². The van der Waals surface area contributed by atoms with Gasteiger partial charge in [-0.1, -0.05) is 44.8 Å². The van der Waals surface area contributed by atoms with E-state index in [2.05, 4.69) is 13.8 Å². The first-order valence-corrected chi connectivity index (χ1v) is 8.45. The molecule has 0 aromatic rings. The fraction of sp³-hybridized carbons (Fsp3) is 1.00. The van der Waals surface area contributed by atoms with Crippen molar-refractivity contribution in [1.29, 1.82) is 0 Å². The van der Waals surface area contributed by atoms with Crippen LogP contribution in [0.2, 0.25) is 5.28 Å². The first-order chi connectivity index (χ1) is 7.20. The molecule has 88 valence electrons. The van der Waals surface area contributed by atoms with Gasteiger partial charge in [-0.3, -0.25) is 0 Å². The minimum Gasteiger partial charge on any atom is -0.499 e. The second-order valence-corrected chi connectivity index (χ2v) is 7.91. The molecule has 1 fully saturated rings. The number of aliphatic hydroxyl groups excluding tert-OH is 1. The molecule has 0 aromatic carbocycles. The van der Waals surface area contributed by atoms with Crippen LogP contribution in [0.3, 0.4) is 0 Å². The van der Waals surface area contributed by atoms with Crippen LogP contribution in [0.5, 0.6) is 0 Å². The van der Waals surface area contributed by atoms with Gasteiger partial charge in [0.1, 0.15) is 0 Å². The highest BCUT2D eigenvalue weighted by molar-refractivity contribution is 6.53. The minimum absolute atomic E-state index is 0.0857. The van der Waals surface area contributed by atoms with E-state index in [9.17, 15) is 5.11 Å². The predicted octanol–water partition coefficient (Wildman–Crippen LogP) is 2.90. The van der Waals surface area contributed by atoms with Crippen molar-refractivity contribution in [2.75, 3.05) is 6.61 Å². The number of rotatable bonds is 6. The van der Waals surface area contributed by atoms with Crippen molar-refractivity contribution >= 4 is 14.5 Å². The molecule has 0 aliphatic carbocycles. The van der Waals surface area contributed by atoms with Gasteiger partial charge >= 0.3 is 14.5 Å². The van der Waals surface area contributed by atoms with Crippen LogP contribution in [0.4, 0.5) is 0 Å². The first kappa shape index (κ1) is 13.5. The zero-order valence-electron chi connectivity index (χ0n) is 10.2. The Hall–Kier alpha value is 0.452. The highest BCUT2D eigenvalue weighted by atomic mass is 27.2. The van der Waals surface area contributed by atoms with E-state index in [-0.39, 0.29) is 4.97 Å². The van der Waals surface area contributed by atoms with Gasteiger partial charge in [0.2, 0.25) is 0 Å². The number of unbranched alkanes of at least 4 members (excludes halogenated alkanes) is 1. The molecule has 0 bridgehead atoms. The van der Waals surface area contributed by atoms with Gasteiger partial charge in [0.25, 0.3) is 0 Å². The second-order valence-electron chi connectivity index (χ2n) is 5.15. The Morgan fingerprint density at radius 2 is 1.93 bits per heavy atom. The molecule has 1 N–H and O–H groups in total. The molecule has 0 radical (unpaired) electrons. The molecule has 0 saturated carbocycles. The van der Waals surface area contributed by atoms with E-state index in [4.69, 9.17) is 3.79 Å². The maximum Gasteiger partial charge on any atom is 0.492 e. The highest BCUT2D eigenvalue weighted by Crippen LogP contribution is 2.17. The van der Waals surface area contributed by atoms with Gasteiger partial charge in [0.05, 0.1) is 0 Å². The molecular formula is C12H25AlO2. The average molecular weight is 228 g/mol. The van der Waals surface area contributed by atoms with Gasteiger partial charge in [0, 0.05) is 11.6 Å². The lowest BCUT2D eigenvalue weighted by Gasteiger charge is -2.22. The smallest absolute Gasteiger partial charge is 0.492 e. The van der Waals surface area contributed by atoms with E-state index >= 15 is 0 Å². The van der Waals surface area contributed by atoms with E-state index < -0.39 is 14.5 Å². The van der Waals surface area contributed by atoms with Crippen molar-refractivity contribution in [2.45, 2.75) is 62.6 Å². The van der Waals surface area contributed by atoms with Gasteiger partial charge in [0.15, 0.2) is 0 Å². The number of hydrogen-bond acceptors (Lipinski definition) is 2. The Labute approximate surface area is 98.7 Å². The third-order valence-electron chi connectivity index (χ3n) is 3.18. The second kappa shape index (κ2) is 7.68. The Balaban J connectivity index is 2.04. The Bertz CT molecular complexity index is 156. The largest absolute Gasteiger partial charge is 0.499 e. The van der Waals surface area contributed by atoms with Gasteiger partial charge in [-0.15, -0.1) is 0 Å². The van der Waals surface area contributed by atoms with Crippen molar-refractivity contribution in [1.82, 2.24) is 0 Å². The third-order valence-corrected chi connectivity index (χ3v) is 6.01. The summed E-state index contributed by atoms with van der Waals surface area (Å²) in [5, 5.41) is 11.2. The van der Waals surface area contributed by atoms with E-state index in [0.717, 1.165) is 18.9 Å². The fourth-order valence-electron chi connectivity index (χ4n) is 2.16. The summed E-state index contributed by atoms with van der Waals surface area (Å²) in [5.41, 5.74) is 0. The summed E-state index contributed by atoms with van der Waals surface area (Å²) < 4.78 is 5.71. The normalized spacial score (nSPS) is 19.6. The summed E-state index contributed by atoms with van der Waals surface area (Å²) in [6.07, 6.45) is 7.18. The van der Waals surface area contributed by atoms with Crippen molar-refractivity contribution in [2.24, 2.45) is 5.92 Å². The van der Waals surface area contributed by atoms with Gasteiger partial charge in [-0.2, -0.15) is 0 Å². The van der Waals surface area contributed by atoms with Gasteiger partial charge in [-0.05, 0) is 18.8 Å². The SMILES string of the molecule is CC(C)CCCC[CH](O)[Al]1[CH2]CCC[O]1. The first-order valence-electron chi connectivity index (χ1n) is 6.50. The molecule has 0 aromatic heterocycles. The van der Waals surface area contributed by atoms with Gasteiger partial charge in [-0.25, -0.2) is 0 Å². The van der Waals surface area contributed by atoms with Crippen LogP contribution in [0.15, 0.2) is 0 Å². The van der Waals surface area contributed by atoms with E-state index in [1.54, 1.807) is 0 Å². The van der Waals surface area contributed by atoms with E-state index in [0.29, 0.717) is 0 Å². The lowest BCUT2D eigenvalue weighted by atomic mass is 10.1. The molecule has 1 unspecified atom stereocenters. The molecule has 0 spiro atoms. The molecule has 1 saturated heterocycles. The van der Waals surface area contributed by atoms with Crippen LogP contribution >= 0.6 is 0 Å². The molecule has 1 heterocycles. The summed E-state index contributed by atoms with van der Waals surface area (Å²) >= 11 is -1.23.